The summed E-state index contributed by atoms with van der Waals surface area (Å²) in [7, 11) is 0. The molecule has 0 fully saturated rings. The summed E-state index contributed by atoms with van der Waals surface area (Å²) in [6, 6.07) is 13.8. The van der Waals surface area contributed by atoms with Gasteiger partial charge in [-0.15, -0.1) is 10.2 Å². The average molecular weight is 345 g/mol. The summed E-state index contributed by atoms with van der Waals surface area (Å²) in [4.78, 5) is 10.8. The fraction of sp³-hybridized carbons (Fsp3) is 0. The van der Waals surface area contributed by atoms with Crippen molar-refractivity contribution in [3.05, 3.63) is 58.6 Å². The van der Waals surface area contributed by atoms with Crippen LogP contribution in [0, 0.1) is 0 Å². The smallest absolute Gasteiger partial charge is 0.335 e. The predicted molar refractivity (Wildman–Crippen MR) is 79.8 cm³/mol. The molecular weight excluding hydrogens is 336 g/mol. The number of carboxylic acids is 1. The molecule has 0 radical (unpaired) electrons. The van der Waals surface area contributed by atoms with Gasteiger partial charge in [0.25, 0.3) is 0 Å². The van der Waals surface area contributed by atoms with Crippen molar-refractivity contribution in [3.8, 4) is 22.9 Å². The predicted octanol–water partition coefficient (Wildman–Crippen LogP) is 3.86. The second-order valence-corrected chi connectivity index (χ2v) is 5.13. The molecule has 1 heterocycles. The quantitative estimate of drug-likeness (QED) is 0.780. The average Bonchev–Trinajstić information content (AvgIpc) is 2.97. The molecule has 104 valence electrons. The van der Waals surface area contributed by atoms with Gasteiger partial charge in [-0.1, -0.05) is 12.1 Å². The maximum atomic E-state index is 10.8. The van der Waals surface area contributed by atoms with Gasteiger partial charge in [-0.2, -0.15) is 0 Å². The monoisotopic (exact) mass is 344 g/mol. The Morgan fingerprint density at radius 2 is 1.67 bits per heavy atom. The zero-order valence-corrected chi connectivity index (χ0v) is 12.2. The lowest BCUT2D eigenvalue weighted by Crippen LogP contribution is -1.94. The number of hydrogen-bond acceptors (Lipinski definition) is 4. The lowest BCUT2D eigenvalue weighted by molar-refractivity contribution is 0.0697. The molecule has 0 aliphatic rings. The van der Waals surface area contributed by atoms with Gasteiger partial charge in [0, 0.05) is 10.0 Å². The number of rotatable bonds is 3. The molecule has 0 saturated carbocycles. The SMILES string of the molecule is O=C(O)c1ccc(-c2nnc(-c3ccccc3Br)o2)cc1. The van der Waals surface area contributed by atoms with Gasteiger partial charge >= 0.3 is 5.97 Å². The first kappa shape index (κ1) is 13.5. The largest absolute Gasteiger partial charge is 0.478 e. The Morgan fingerprint density at radius 3 is 2.33 bits per heavy atom. The topological polar surface area (TPSA) is 76.2 Å². The Bertz CT molecular complexity index is 797. The number of carbonyl (C=O) groups is 1. The molecule has 0 unspecified atom stereocenters. The summed E-state index contributed by atoms with van der Waals surface area (Å²) in [5, 5.41) is 16.9. The van der Waals surface area contributed by atoms with Gasteiger partial charge in [0.2, 0.25) is 11.8 Å². The van der Waals surface area contributed by atoms with Crippen molar-refractivity contribution in [1.82, 2.24) is 10.2 Å². The van der Waals surface area contributed by atoms with E-state index in [0.717, 1.165) is 10.0 Å². The van der Waals surface area contributed by atoms with Crippen molar-refractivity contribution >= 4 is 21.9 Å². The second-order valence-electron chi connectivity index (χ2n) is 4.27. The third-order valence-electron chi connectivity index (χ3n) is 2.91. The number of benzene rings is 2. The molecule has 6 heteroatoms. The van der Waals surface area contributed by atoms with E-state index in [1.54, 1.807) is 12.1 Å². The van der Waals surface area contributed by atoms with Crippen molar-refractivity contribution in [3.63, 3.8) is 0 Å². The Kier molecular flexibility index (Phi) is 3.53. The zero-order valence-electron chi connectivity index (χ0n) is 10.7. The van der Waals surface area contributed by atoms with Crippen molar-refractivity contribution in [1.29, 1.82) is 0 Å². The van der Waals surface area contributed by atoms with Crippen molar-refractivity contribution < 1.29 is 14.3 Å². The molecule has 3 rings (SSSR count). The van der Waals surface area contributed by atoms with E-state index in [1.807, 2.05) is 24.3 Å². The highest BCUT2D eigenvalue weighted by Gasteiger charge is 2.13. The van der Waals surface area contributed by atoms with Crippen LogP contribution in [-0.4, -0.2) is 21.3 Å². The highest BCUT2D eigenvalue weighted by molar-refractivity contribution is 9.10. The number of carboxylic acid groups (broad SMARTS) is 1. The van der Waals surface area contributed by atoms with Crippen LogP contribution in [0.1, 0.15) is 10.4 Å². The van der Waals surface area contributed by atoms with E-state index in [-0.39, 0.29) is 5.56 Å². The summed E-state index contributed by atoms with van der Waals surface area (Å²) >= 11 is 3.43. The van der Waals surface area contributed by atoms with Gasteiger partial charge in [-0.3, -0.25) is 0 Å². The summed E-state index contributed by atoms with van der Waals surface area (Å²) < 4.78 is 6.50. The molecule has 3 aromatic rings. The van der Waals surface area contributed by atoms with E-state index >= 15 is 0 Å². The van der Waals surface area contributed by atoms with Gasteiger partial charge in [-0.05, 0) is 52.3 Å². The van der Waals surface area contributed by atoms with Crippen LogP contribution in [0.3, 0.4) is 0 Å². The third kappa shape index (κ3) is 2.71. The molecular formula is C15H9BrN2O3. The molecule has 1 N–H and O–H groups in total. The van der Waals surface area contributed by atoms with Crippen LogP contribution in [0.25, 0.3) is 22.9 Å². The number of hydrogen-bond donors (Lipinski definition) is 1. The van der Waals surface area contributed by atoms with Gasteiger partial charge in [0.05, 0.1) is 11.1 Å². The highest BCUT2D eigenvalue weighted by atomic mass is 79.9. The molecule has 2 aromatic carbocycles. The standard InChI is InChI=1S/C15H9BrN2O3/c16-12-4-2-1-3-11(12)14-18-17-13(21-14)9-5-7-10(8-6-9)15(19)20/h1-8H,(H,19,20). The van der Waals surface area contributed by atoms with Crippen LogP contribution < -0.4 is 0 Å². The lowest BCUT2D eigenvalue weighted by atomic mass is 10.1. The Hall–Kier alpha value is -2.47. The molecule has 0 saturated heterocycles. The summed E-state index contributed by atoms with van der Waals surface area (Å²) in [6.45, 7) is 0. The maximum Gasteiger partial charge on any atom is 0.335 e. The molecule has 21 heavy (non-hydrogen) atoms. The van der Waals surface area contributed by atoms with Crippen LogP contribution in [-0.2, 0) is 0 Å². The number of aromatic nitrogens is 2. The Balaban J connectivity index is 1.95. The summed E-state index contributed by atoms with van der Waals surface area (Å²) in [6.07, 6.45) is 0. The minimum atomic E-state index is -0.971. The van der Waals surface area contributed by atoms with Crippen molar-refractivity contribution in [2.75, 3.05) is 0 Å². The minimum Gasteiger partial charge on any atom is -0.478 e. The van der Waals surface area contributed by atoms with Crippen LogP contribution in [0.5, 0.6) is 0 Å². The van der Waals surface area contributed by atoms with Gasteiger partial charge in [0.15, 0.2) is 0 Å². The summed E-state index contributed by atoms with van der Waals surface area (Å²) in [5.41, 5.74) is 1.69. The summed E-state index contributed by atoms with van der Waals surface area (Å²) in [5.74, 6) is -0.224. The number of aromatic carboxylic acids is 1. The van der Waals surface area contributed by atoms with Gasteiger partial charge < -0.3 is 9.52 Å². The maximum absolute atomic E-state index is 10.8. The van der Waals surface area contributed by atoms with Crippen LogP contribution >= 0.6 is 15.9 Å². The van der Waals surface area contributed by atoms with Gasteiger partial charge in [0.1, 0.15) is 0 Å². The van der Waals surface area contributed by atoms with Crippen molar-refractivity contribution in [2.45, 2.75) is 0 Å². The fourth-order valence-electron chi connectivity index (χ4n) is 1.84. The second kappa shape index (κ2) is 5.49. The first-order valence-electron chi connectivity index (χ1n) is 6.07. The highest BCUT2D eigenvalue weighted by Crippen LogP contribution is 2.29. The van der Waals surface area contributed by atoms with E-state index in [9.17, 15) is 4.79 Å². The first-order chi connectivity index (χ1) is 10.1. The molecule has 0 amide bonds. The number of halogens is 1. The molecule has 0 aliphatic heterocycles. The molecule has 0 bridgehead atoms. The van der Waals surface area contributed by atoms with E-state index in [4.69, 9.17) is 9.52 Å². The zero-order chi connectivity index (χ0) is 14.8. The Morgan fingerprint density at radius 1 is 1.00 bits per heavy atom. The minimum absolute atomic E-state index is 0.212. The van der Waals surface area contributed by atoms with E-state index in [0.29, 0.717) is 17.3 Å². The Labute approximate surface area is 128 Å². The molecule has 0 aliphatic carbocycles. The normalized spacial score (nSPS) is 10.5. The third-order valence-corrected chi connectivity index (χ3v) is 3.60. The lowest BCUT2D eigenvalue weighted by Gasteiger charge is -1.98. The van der Waals surface area contributed by atoms with Crippen molar-refractivity contribution in [2.24, 2.45) is 0 Å². The molecule has 1 aromatic heterocycles. The van der Waals surface area contributed by atoms with Crippen LogP contribution in [0.15, 0.2) is 57.4 Å². The van der Waals surface area contributed by atoms with Crippen LogP contribution in [0.4, 0.5) is 0 Å². The van der Waals surface area contributed by atoms with E-state index in [2.05, 4.69) is 26.1 Å². The molecule has 5 nitrogen and oxygen atoms in total. The van der Waals surface area contributed by atoms with E-state index < -0.39 is 5.97 Å². The van der Waals surface area contributed by atoms with Crippen LogP contribution in [0.2, 0.25) is 0 Å². The van der Waals surface area contributed by atoms with Gasteiger partial charge in [-0.25, -0.2) is 4.79 Å². The molecule has 0 spiro atoms. The molecule has 0 atom stereocenters. The van der Waals surface area contributed by atoms with E-state index in [1.165, 1.54) is 12.1 Å². The fourth-order valence-corrected chi connectivity index (χ4v) is 2.29. The number of nitrogens with zero attached hydrogens (tertiary/aromatic N) is 2. The first-order valence-corrected chi connectivity index (χ1v) is 6.86.